The molecule has 0 N–H and O–H groups in total. The van der Waals surface area contributed by atoms with Crippen LogP contribution in [0.15, 0.2) is 436 Å². The number of nitrogens with zero attached hydrogens (tertiary/aromatic N) is 7. The minimum Gasteiger partial charge on any atom is -0.456 e. The third-order valence-electron chi connectivity index (χ3n) is 31.0. The normalized spacial score (nSPS) is 13.5. The van der Waals surface area contributed by atoms with Gasteiger partial charge in [-0.25, -0.2) is 34.9 Å². The van der Waals surface area contributed by atoms with Crippen molar-refractivity contribution < 1.29 is 17.7 Å². The Balaban J connectivity index is 0.000000103. The highest BCUT2D eigenvalue weighted by atomic mass is 16.3. The van der Waals surface area contributed by atoms with Crippen molar-refractivity contribution >= 4 is 153 Å². The van der Waals surface area contributed by atoms with Crippen LogP contribution < -0.4 is 0 Å². The molecule has 28 aromatic rings. The molecule has 0 bridgehead atoms. The Bertz CT molecular complexity index is 10400. The standard InChI is InChI=1S/C48H31N3O.C45H30N2O.C41H26N2O2/c1-48(2)37-24-26-41-43(33-18-9-11-22-40(33)52-41)42(37)34-19-12-20-35(44(34)48)47-50-39-25-23-29(27-36(39)45(51-47)28-13-4-3-5-14-28)46-32-17-7-6-15-30(32)31-16-8-10-21-38(31)49-46;1-45(2)38-21-19-30(24-34(38)35-26-42-36(25-39(35)45)33-16-8-9-18-41(33)48-42)44-46-40-22-20-29(32-17-10-14-27-11-6-7-15-31(27)32)23-37(40)43(47-44)28-12-4-3-5-13-28;1-41(2)28-17-9-6-14-24(28)34-29(41)22-27(39-36(34)26-16-8-11-19-32(26)45-39)40-42-30-20-21-33-35(25-15-7-10-18-31(25)44-33)37(30)38(43-40)23-12-4-3-5-13-23/h3-27H,1-2H3;3-26H,1-2H3;3-22H,1-2H3. The maximum atomic E-state index is 6.72. The van der Waals surface area contributed by atoms with Crippen LogP contribution in [-0.4, -0.2) is 34.9 Å². The molecule has 31 rings (SSSR count). The Morgan fingerprint density at radius 3 is 1.35 bits per heavy atom. The lowest BCUT2D eigenvalue weighted by Crippen LogP contribution is -2.16. The molecule has 8 aromatic heterocycles. The van der Waals surface area contributed by atoms with Gasteiger partial charge in [-0.15, -0.1) is 0 Å². The van der Waals surface area contributed by atoms with Crippen molar-refractivity contribution in [2.75, 3.05) is 0 Å². The Hall–Kier alpha value is -18.5. The predicted octanol–water partition coefficient (Wildman–Crippen LogP) is 35.6. The molecule has 0 saturated heterocycles. The first-order valence-electron chi connectivity index (χ1n) is 49.6. The number of furan rings is 4. The molecule has 0 atom stereocenters. The van der Waals surface area contributed by atoms with E-state index in [9.17, 15) is 0 Å². The second kappa shape index (κ2) is 31.8. The van der Waals surface area contributed by atoms with Gasteiger partial charge in [0.2, 0.25) is 0 Å². The van der Waals surface area contributed by atoms with Crippen LogP contribution in [0.4, 0.5) is 0 Å². The highest BCUT2D eigenvalue weighted by Gasteiger charge is 2.43. The van der Waals surface area contributed by atoms with Gasteiger partial charge < -0.3 is 17.7 Å². The van der Waals surface area contributed by atoms with Crippen LogP contribution in [0, 0.1) is 0 Å². The van der Waals surface area contributed by atoms with E-state index in [0.717, 1.165) is 205 Å². The molecule has 0 spiro atoms. The monoisotopic (exact) mass is 1860 g/mol. The zero-order valence-corrected chi connectivity index (χ0v) is 80.1. The molecule has 3 aliphatic carbocycles. The molecule has 20 aromatic carbocycles. The molecule has 0 aliphatic heterocycles. The Labute approximate surface area is 833 Å². The van der Waals surface area contributed by atoms with Gasteiger partial charge in [0.1, 0.15) is 44.7 Å². The third-order valence-corrected chi connectivity index (χ3v) is 31.0. The number of hydrogen-bond acceptors (Lipinski definition) is 11. The molecule has 682 valence electrons. The third kappa shape index (κ3) is 12.8. The van der Waals surface area contributed by atoms with Gasteiger partial charge in [-0.1, -0.05) is 363 Å². The summed E-state index contributed by atoms with van der Waals surface area (Å²) in [7, 11) is 0. The zero-order chi connectivity index (χ0) is 96.4. The maximum absolute atomic E-state index is 6.72. The highest BCUT2D eigenvalue weighted by molar-refractivity contribution is 6.24. The molecular weight excluding hydrogens is 1770 g/mol. The van der Waals surface area contributed by atoms with Crippen LogP contribution in [0.1, 0.15) is 74.9 Å². The van der Waals surface area contributed by atoms with Crippen molar-refractivity contribution in [1.82, 2.24) is 34.9 Å². The molecule has 0 fully saturated rings. The second-order valence-corrected chi connectivity index (χ2v) is 40.2. The molecule has 0 radical (unpaired) electrons. The first-order valence-corrected chi connectivity index (χ1v) is 49.6. The second-order valence-electron chi connectivity index (χ2n) is 40.2. The van der Waals surface area contributed by atoms with E-state index in [2.05, 4.69) is 406 Å². The van der Waals surface area contributed by atoms with Gasteiger partial charge in [0.15, 0.2) is 17.5 Å². The molecule has 0 amide bonds. The van der Waals surface area contributed by atoms with Crippen LogP contribution in [0.3, 0.4) is 0 Å². The van der Waals surface area contributed by atoms with Crippen LogP contribution in [0.5, 0.6) is 0 Å². The molecule has 11 heteroatoms. The SMILES string of the molecule is CC1(C)c2ccc(-c3nc(-c4ccccc4)c4cc(-c5cccc6ccccc56)ccc4n3)cc2-c2cc3oc4ccccc4c3cc21.CC1(C)c2ccc3oc4ccccc4c3c2-c2cccc(-c3nc(-c4ccccc4)c4cc(-c5nc6ccccc6c6ccccc56)ccc4n3)c21.CC1(C)c2ccccc2-c2c1cc(-c1nc(-c3ccccc3)c3c(ccc4oc5ccccc5c43)n1)c1oc3ccccc3c21. The quantitative estimate of drug-likeness (QED) is 0.134. The highest BCUT2D eigenvalue weighted by Crippen LogP contribution is 2.59. The summed E-state index contributed by atoms with van der Waals surface area (Å²) in [6.07, 6.45) is 0. The average molecular weight is 1860 g/mol. The van der Waals surface area contributed by atoms with Gasteiger partial charge in [0.05, 0.1) is 50.4 Å². The minimum atomic E-state index is -0.286. The van der Waals surface area contributed by atoms with E-state index < -0.39 is 0 Å². The van der Waals surface area contributed by atoms with Gasteiger partial charge in [0, 0.05) is 120 Å². The van der Waals surface area contributed by atoms with E-state index in [1.165, 1.54) is 99.3 Å². The number of aromatic nitrogens is 7. The number of fused-ring (bicyclic) bond motifs is 31. The van der Waals surface area contributed by atoms with E-state index in [0.29, 0.717) is 5.82 Å². The lowest BCUT2D eigenvalue weighted by Gasteiger charge is -2.24. The summed E-state index contributed by atoms with van der Waals surface area (Å²) in [4.78, 5) is 37.2. The van der Waals surface area contributed by atoms with Crippen molar-refractivity contribution in [3.8, 4) is 124 Å². The summed E-state index contributed by atoms with van der Waals surface area (Å²) in [5, 5.41) is 17.9. The van der Waals surface area contributed by atoms with Gasteiger partial charge in [-0.05, 0) is 191 Å². The Morgan fingerprint density at radius 2 is 0.628 bits per heavy atom. The van der Waals surface area contributed by atoms with Crippen LogP contribution in [0.25, 0.3) is 277 Å². The van der Waals surface area contributed by atoms with Crippen molar-refractivity contribution in [3.63, 3.8) is 0 Å². The number of benzene rings is 20. The largest absolute Gasteiger partial charge is 0.456 e. The smallest absolute Gasteiger partial charge is 0.164 e. The summed E-state index contributed by atoms with van der Waals surface area (Å²) >= 11 is 0. The predicted molar refractivity (Wildman–Crippen MR) is 594 cm³/mol. The summed E-state index contributed by atoms with van der Waals surface area (Å²) < 4.78 is 25.7. The zero-order valence-electron chi connectivity index (χ0n) is 80.1. The molecule has 3 aliphatic rings. The average Bonchev–Trinajstić information content (AvgIpc) is 1.55. The van der Waals surface area contributed by atoms with E-state index in [4.69, 9.17) is 52.6 Å². The first kappa shape index (κ1) is 83.5. The topological polar surface area (TPSA) is 143 Å². The number of pyridine rings is 1. The van der Waals surface area contributed by atoms with Crippen LogP contribution >= 0.6 is 0 Å². The molecule has 8 heterocycles. The first-order chi connectivity index (χ1) is 71.1. The minimum absolute atomic E-state index is 0.146. The van der Waals surface area contributed by atoms with Gasteiger partial charge in [-0.3, -0.25) is 0 Å². The van der Waals surface area contributed by atoms with Crippen LogP contribution in [-0.2, 0) is 16.2 Å². The van der Waals surface area contributed by atoms with E-state index >= 15 is 0 Å². The Kier molecular flexibility index (Phi) is 18.3. The maximum Gasteiger partial charge on any atom is 0.164 e. The summed E-state index contributed by atoms with van der Waals surface area (Å²) in [5.74, 6) is 2.09. The summed E-state index contributed by atoms with van der Waals surface area (Å²) in [6.45, 7) is 13.9. The van der Waals surface area contributed by atoms with Gasteiger partial charge in [-0.2, -0.15) is 0 Å². The number of hydrogen-bond donors (Lipinski definition) is 0. The van der Waals surface area contributed by atoms with Crippen molar-refractivity contribution in [1.29, 1.82) is 0 Å². The molecule has 0 unspecified atom stereocenters. The lowest BCUT2D eigenvalue weighted by atomic mass is 9.80. The molecule has 0 saturated carbocycles. The molecule has 11 nitrogen and oxygen atoms in total. The van der Waals surface area contributed by atoms with E-state index in [-0.39, 0.29) is 16.2 Å². The summed E-state index contributed by atoms with van der Waals surface area (Å²) in [5.41, 5.74) is 38.3. The fourth-order valence-corrected chi connectivity index (χ4v) is 24.1. The molecular formula is C134H87N7O4. The van der Waals surface area contributed by atoms with Gasteiger partial charge >= 0.3 is 0 Å². The van der Waals surface area contributed by atoms with Gasteiger partial charge in [0.25, 0.3) is 0 Å². The lowest BCUT2D eigenvalue weighted by molar-refractivity contribution is 0.656. The van der Waals surface area contributed by atoms with E-state index in [1.807, 2.05) is 54.6 Å². The van der Waals surface area contributed by atoms with E-state index in [1.54, 1.807) is 0 Å². The van der Waals surface area contributed by atoms with Crippen molar-refractivity contribution in [2.24, 2.45) is 0 Å². The summed E-state index contributed by atoms with van der Waals surface area (Å²) in [6, 6.07) is 147. The molecule has 145 heavy (non-hydrogen) atoms. The Morgan fingerprint density at radius 1 is 0.179 bits per heavy atom. The number of para-hydroxylation sites is 5. The number of rotatable bonds is 8. The fraction of sp³-hybridized carbons (Fsp3) is 0.0672. The van der Waals surface area contributed by atoms with Crippen molar-refractivity contribution in [3.05, 3.63) is 452 Å². The van der Waals surface area contributed by atoms with Crippen molar-refractivity contribution in [2.45, 2.75) is 57.8 Å². The van der Waals surface area contributed by atoms with Crippen LogP contribution in [0.2, 0.25) is 0 Å². The fourth-order valence-electron chi connectivity index (χ4n) is 24.1.